The Morgan fingerprint density at radius 2 is 2.38 bits per heavy atom. The van der Waals surface area contributed by atoms with Gasteiger partial charge in [0, 0.05) is 24.3 Å². The summed E-state index contributed by atoms with van der Waals surface area (Å²) in [5.41, 5.74) is 10.6. The molecule has 3 N–H and O–H groups in total. The van der Waals surface area contributed by atoms with Gasteiger partial charge >= 0.3 is 0 Å². The Bertz CT molecular complexity index is 732. The van der Waals surface area contributed by atoms with Gasteiger partial charge < -0.3 is 10.3 Å². The Balaban J connectivity index is 1.65. The summed E-state index contributed by atoms with van der Waals surface area (Å²) in [6.45, 7) is 0.790. The van der Waals surface area contributed by atoms with Gasteiger partial charge in [0.1, 0.15) is 5.82 Å². The van der Waals surface area contributed by atoms with E-state index in [2.05, 4.69) is 32.6 Å². The molecule has 0 radical (unpaired) electrons. The number of hydrazone groups is 1. The number of rotatable bonds is 5. The molecule has 0 fully saturated rings. The van der Waals surface area contributed by atoms with Crippen LogP contribution in [0.2, 0.25) is 0 Å². The van der Waals surface area contributed by atoms with Crippen LogP contribution in [0.25, 0.3) is 0 Å². The molecule has 0 amide bonds. The van der Waals surface area contributed by atoms with Crippen molar-refractivity contribution in [1.82, 2.24) is 14.5 Å². The first-order chi connectivity index (χ1) is 10.3. The number of imidazole rings is 1. The van der Waals surface area contributed by atoms with E-state index < -0.39 is 0 Å². The fourth-order valence-corrected chi connectivity index (χ4v) is 2.41. The van der Waals surface area contributed by atoms with E-state index in [4.69, 9.17) is 5.73 Å². The Labute approximate surface area is 126 Å². The van der Waals surface area contributed by atoms with Crippen LogP contribution in [-0.2, 0) is 6.54 Å². The number of thiazole rings is 1. The number of hydrogen-bond acceptors (Lipinski definition) is 6. The van der Waals surface area contributed by atoms with Crippen molar-refractivity contribution in [3.63, 3.8) is 0 Å². The van der Waals surface area contributed by atoms with Gasteiger partial charge in [-0.1, -0.05) is 18.2 Å². The van der Waals surface area contributed by atoms with Crippen LogP contribution in [0.5, 0.6) is 0 Å². The first kappa shape index (κ1) is 13.3. The molecule has 0 saturated carbocycles. The van der Waals surface area contributed by atoms with Crippen LogP contribution in [0.4, 0.5) is 10.9 Å². The second-order valence-corrected chi connectivity index (χ2v) is 5.29. The predicted octanol–water partition coefficient (Wildman–Crippen LogP) is 2.42. The normalized spacial score (nSPS) is 11.0. The molecule has 2 heterocycles. The summed E-state index contributed by atoms with van der Waals surface area (Å²) in [5.74, 6) is 0.500. The van der Waals surface area contributed by atoms with Gasteiger partial charge in [0.2, 0.25) is 5.13 Å². The SMILES string of the molecule is Nc1csc(NN=Cc2cccc(Cn3ccnc3)c2)n1. The van der Waals surface area contributed by atoms with Gasteiger partial charge in [-0.05, 0) is 17.2 Å². The van der Waals surface area contributed by atoms with Crippen molar-refractivity contribution < 1.29 is 0 Å². The molecule has 106 valence electrons. The van der Waals surface area contributed by atoms with Crippen LogP contribution in [0.1, 0.15) is 11.1 Å². The highest BCUT2D eigenvalue weighted by atomic mass is 32.1. The minimum atomic E-state index is 0.500. The number of nitrogen functional groups attached to an aromatic ring is 1. The fraction of sp³-hybridized carbons (Fsp3) is 0.0714. The summed E-state index contributed by atoms with van der Waals surface area (Å²) in [6.07, 6.45) is 7.27. The van der Waals surface area contributed by atoms with Crippen LogP contribution in [0.3, 0.4) is 0 Å². The molecule has 3 aromatic rings. The number of aromatic nitrogens is 3. The van der Waals surface area contributed by atoms with E-state index >= 15 is 0 Å². The zero-order valence-electron chi connectivity index (χ0n) is 11.2. The minimum absolute atomic E-state index is 0.500. The average molecular weight is 298 g/mol. The van der Waals surface area contributed by atoms with Crippen LogP contribution < -0.4 is 11.2 Å². The van der Waals surface area contributed by atoms with Crippen molar-refractivity contribution in [2.75, 3.05) is 11.2 Å². The predicted molar refractivity (Wildman–Crippen MR) is 85.5 cm³/mol. The van der Waals surface area contributed by atoms with Crippen LogP contribution >= 0.6 is 11.3 Å². The minimum Gasteiger partial charge on any atom is -0.383 e. The van der Waals surface area contributed by atoms with Crippen molar-refractivity contribution in [2.45, 2.75) is 6.54 Å². The lowest BCUT2D eigenvalue weighted by Crippen LogP contribution is -1.97. The Morgan fingerprint density at radius 1 is 1.43 bits per heavy atom. The van der Waals surface area contributed by atoms with Crippen molar-refractivity contribution in [1.29, 1.82) is 0 Å². The summed E-state index contributed by atoms with van der Waals surface area (Å²) in [5, 5.41) is 6.61. The summed E-state index contributed by atoms with van der Waals surface area (Å²) in [7, 11) is 0. The lowest BCUT2D eigenvalue weighted by atomic mass is 10.1. The second-order valence-electron chi connectivity index (χ2n) is 4.43. The standard InChI is InChI=1S/C14H14N6S/c15-13-9-21-14(18-13)19-17-7-11-2-1-3-12(6-11)8-20-5-4-16-10-20/h1-7,9-10H,8,15H2,(H,18,19). The van der Waals surface area contributed by atoms with Crippen LogP contribution in [-0.4, -0.2) is 20.7 Å². The van der Waals surface area contributed by atoms with Crippen LogP contribution in [0.15, 0.2) is 53.5 Å². The third-order valence-corrected chi connectivity index (χ3v) is 3.54. The van der Waals surface area contributed by atoms with Gasteiger partial charge in [-0.15, -0.1) is 11.3 Å². The number of nitrogens with two attached hydrogens (primary N) is 1. The van der Waals surface area contributed by atoms with E-state index in [1.54, 1.807) is 24.1 Å². The topological polar surface area (TPSA) is 81.1 Å². The number of nitrogens with zero attached hydrogens (tertiary/aromatic N) is 4. The van der Waals surface area contributed by atoms with E-state index in [9.17, 15) is 0 Å². The number of anilines is 2. The third kappa shape index (κ3) is 3.67. The molecule has 2 aromatic heterocycles. The smallest absolute Gasteiger partial charge is 0.205 e. The van der Waals surface area contributed by atoms with E-state index in [1.165, 1.54) is 16.9 Å². The molecule has 3 rings (SSSR count). The molecule has 1 aromatic carbocycles. The fourth-order valence-electron chi connectivity index (χ4n) is 1.86. The molecular formula is C14H14N6S. The lowest BCUT2D eigenvalue weighted by molar-refractivity contribution is 0.797. The van der Waals surface area contributed by atoms with Crippen molar-refractivity contribution in [3.05, 3.63) is 59.5 Å². The van der Waals surface area contributed by atoms with Gasteiger partial charge in [0.15, 0.2) is 0 Å². The third-order valence-electron chi connectivity index (χ3n) is 2.77. The van der Waals surface area contributed by atoms with Crippen molar-refractivity contribution in [3.8, 4) is 0 Å². The average Bonchev–Trinajstić information content (AvgIpc) is 3.11. The summed E-state index contributed by atoms with van der Waals surface area (Å²) < 4.78 is 2.02. The maximum Gasteiger partial charge on any atom is 0.205 e. The molecule has 0 spiro atoms. The van der Waals surface area contributed by atoms with Gasteiger partial charge in [-0.3, -0.25) is 5.43 Å². The van der Waals surface area contributed by atoms with E-state index in [0.29, 0.717) is 10.9 Å². The van der Waals surface area contributed by atoms with Crippen molar-refractivity contribution in [2.24, 2.45) is 5.10 Å². The van der Waals surface area contributed by atoms with Gasteiger partial charge in [-0.2, -0.15) is 5.10 Å². The Kier molecular flexibility index (Phi) is 3.92. The second kappa shape index (κ2) is 6.19. The molecule has 6 nitrogen and oxygen atoms in total. The zero-order chi connectivity index (χ0) is 14.5. The highest BCUT2D eigenvalue weighted by Gasteiger charge is 1.97. The molecule has 21 heavy (non-hydrogen) atoms. The molecular weight excluding hydrogens is 284 g/mol. The number of benzene rings is 1. The maximum atomic E-state index is 5.55. The Hall–Kier alpha value is -2.67. The summed E-state index contributed by atoms with van der Waals surface area (Å²) >= 11 is 1.42. The molecule has 0 aliphatic rings. The van der Waals surface area contributed by atoms with E-state index in [1.807, 2.05) is 22.9 Å². The first-order valence-corrected chi connectivity index (χ1v) is 7.22. The van der Waals surface area contributed by atoms with Gasteiger partial charge in [0.25, 0.3) is 0 Å². The monoisotopic (exact) mass is 298 g/mol. The van der Waals surface area contributed by atoms with Gasteiger partial charge in [0.05, 0.1) is 12.5 Å². The lowest BCUT2D eigenvalue weighted by Gasteiger charge is -2.03. The first-order valence-electron chi connectivity index (χ1n) is 6.34. The van der Waals surface area contributed by atoms with Crippen LogP contribution in [0, 0.1) is 0 Å². The molecule has 7 heteroatoms. The molecule has 0 saturated heterocycles. The molecule has 0 aliphatic heterocycles. The molecule has 0 aliphatic carbocycles. The highest BCUT2D eigenvalue weighted by molar-refractivity contribution is 7.14. The molecule has 0 bridgehead atoms. The zero-order valence-corrected chi connectivity index (χ0v) is 12.0. The maximum absolute atomic E-state index is 5.55. The number of nitrogens with one attached hydrogen (secondary N) is 1. The molecule has 0 unspecified atom stereocenters. The highest BCUT2D eigenvalue weighted by Crippen LogP contribution is 2.16. The Morgan fingerprint density at radius 3 is 3.14 bits per heavy atom. The van der Waals surface area contributed by atoms with E-state index in [-0.39, 0.29) is 0 Å². The molecule has 0 atom stereocenters. The largest absolute Gasteiger partial charge is 0.383 e. The van der Waals surface area contributed by atoms with Crippen molar-refractivity contribution >= 4 is 28.5 Å². The van der Waals surface area contributed by atoms with E-state index in [0.717, 1.165) is 12.1 Å². The number of hydrogen-bond donors (Lipinski definition) is 2. The summed E-state index contributed by atoms with van der Waals surface area (Å²) in [4.78, 5) is 8.11. The quantitative estimate of drug-likeness (QED) is 0.560. The van der Waals surface area contributed by atoms with Gasteiger partial charge in [-0.25, -0.2) is 9.97 Å². The summed E-state index contributed by atoms with van der Waals surface area (Å²) in [6, 6.07) is 8.17.